The average Bonchev–Trinajstić information content (AvgIpc) is 3.48. The first-order chi connectivity index (χ1) is 14.7. The van der Waals surface area contributed by atoms with Crippen molar-refractivity contribution < 1.29 is 18.7 Å². The van der Waals surface area contributed by atoms with E-state index in [1.807, 2.05) is 60.7 Å². The van der Waals surface area contributed by atoms with Gasteiger partial charge in [-0.2, -0.15) is 0 Å². The minimum absolute atomic E-state index is 0.0858. The lowest BCUT2D eigenvalue weighted by atomic mass is 10.1. The molecule has 152 valence electrons. The smallest absolute Gasteiger partial charge is 0.220 e. The Morgan fingerprint density at radius 1 is 0.967 bits per heavy atom. The van der Waals surface area contributed by atoms with Crippen LogP contribution >= 0.6 is 0 Å². The number of aromatic nitrogens is 1. The molecule has 6 nitrogen and oxygen atoms in total. The van der Waals surface area contributed by atoms with Crippen molar-refractivity contribution in [2.75, 3.05) is 6.54 Å². The van der Waals surface area contributed by atoms with Crippen molar-refractivity contribution in [2.45, 2.75) is 18.9 Å². The average molecular weight is 402 g/mol. The summed E-state index contributed by atoms with van der Waals surface area (Å²) in [6.45, 7) is 0.0858. The summed E-state index contributed by atoms with van der Waals surface area (Å²) in [4.78, 5) is 16.9. The molecule has 0 spiro atoms. The molecule has 0 fully saturated rings. The molecule has 2 N–H and O–H groups in total. The van der Waals surface area contributed by atoms with Crippen molar-refractivity contribution in [3.8, 4) is 22.6 Å². The van der Waals surface area contributed by atoms with Gasteiger partial charge in [-0.1, -0.05) is 60.7 Å². The van der Waals surface area contributed by atoms with Gasteiger partial charge in [0.15, 0.2) is 11.7 Å². The minimum Gasteiger partial charge on any atom is -0.467 e. The Morgan fingerprint density at radius 3 is 2.33 bits per heavy atom. The van der Waals surface area contributed by atoms with E-state index >= 15 is 0 Å². The summed E-state index contributed by atoms with van der Waals surface area (Å²) in [6.07, 6.45) is 1.17. The Bertz CT molecular complexity index is 1020. The van der Waals surface area contributed by atoms with Gasteiger partial charge in [-0.05, 0) is 12.1 Å². The van der Waals surface area contributed by atoms with Gasteiger partial charge in [0.25, 0.3) is 0 Å². The quantitative estimate of drug-likeness (QED) is 0.456. The minimum atomic E-state index is -0.875. The van der Waals surface area contributed by atoms with E-state index in [0.717, 1.165) is 16.8 Å². The monoisotopic (exact) mass is 402 g/mol. The number of oxazole rings is 1. The van der Waals surface area contributed by atoms with Crippen molar-refractivity contribution in [3.05, 3.63) is 90.7 Å². The number of furan rings is 1. The van der Waals surface area contributed by atoms with E-state index < -0.39 is 6.10 Å². The van der Waals surface area contributed by atoms with Crippen LogP contribution in [0.5, 0.6) is 0 Å². The van der Waals surface area contributed by atoms with Crippen LogP contribution in [0.2, 0.25) is 0 Å². The van der Waals surface area contributed by atoms with Crippen LogP contribution in [0.4, 0.5) is 0 Å². The Hall–Kier alpha value is -3.64. The molecule has 0 radical (unpaired) electrons. The van der Waals surface area contributed by atoms with Crippen LogP contribution < -0.4 is 5.32 Å². The number of aryl methyl sites for hydroxylation is 1. The first kappa shape index (κ1) is 19.7. The molecule has 2 aromatic heterocycles. The molecule has 1 atom stereocenters. The number of amides is 1. The lowest BCUT2D eigenvalue weighted by Gasteiger charge is -2.09. The maximum atomic E-state index is 12.2. The molecule has 0 aliphatic heterocycles. The van der Waals surface area contributed by atoms with Gasteiger partial charge in [0.1, 0.15) is 17.6 Å². The standard InChI is InChI=1S/C24H22N2O4/c27-19(20-12-7-15-29-20)16-25-21(28)13-14-22-26-23(17-8-3-1-4-9-17)24(30-22)18-10-5-2-6-11-18/h1-12,15,19,27H,13-14,16H2,(H,25,28). The van der Waals surface area contributed by atoms with Gasteiger partial charge in [-0.3, -0.25) is 4.79 Å². The van der Waals surface area contributed by atoms with E-state index in [-0.39, 0.29) is 18.9 Å². The fourth-order valence-electron chi connectivity index (χ4n) is 3.15. The molecule has 0 aliphatic carbocycles. The highest BCUT2D eigenvalue weighted by molar-refractivity contribution is 5.77. The number of hydrogen-bond donors (Lipinski definition) is 2. The summed E-state index contributed by atoms with van der Waals surface area (Å²) in [5.41, 5.74) is 2.64. The first-order valence-electron chi connectivity index (χ1n) is 9.79. The van der Waals surface area contributed by atoms with E-state index in [1.165, 1.54) is 6.26 Å². The molecule has 0 saturated heterocycles. The highest BCUT2D eigenvalue weighted by Crippen LogP contribution is 2.32. The third kappa shape index (κ3) is 4.67. The maximum Gasteiger partial charge on any atom is 0.220 e. The number of aliphatic hydroxyl groups excluding tert-OH is 1. The van der Waals surface area contributed by atoms with Gasteiger partial charge < -0.3 is 19.3 Å². The zero-order valence-corrected chi connectivity index (χ0v) is 16.3. The first-order valence-corrected chi connectivity index (χ1v) is 9.79. The van der Waals surface area contributed by atoms with Crippen LogP contribution in [0.15, 0.2) is 87.9 Å². The highest BCUT2D eigenvalue weighted by atomic mass is 16.4. The van der Waals surface area contributed by atoms with Gasteiger partial charge in [-0.15, -0.1) is 0 Å². The number of hydrogen-bond acceptors (Lipinski definition) is 5. The van der Waals surface area contributed by atoms with E-state index in [9.17, 15) is 9.90 Å². The van der Waals surface area contributed by atoms with E-state index in [1.54, 1.807) is 12.1 Å². The van der Waals surface area contributed by atoms with Crippen molar-refractivity contribution in [1.82, 2.24) is 10.3 Å². The topological polar surface area (TPSA) is 88.5 Å². The summed E-state index contributed by atoms with van der Waals surface area (Å²) in [5.74, 6) is 1.41. The Kier molecular flexibility index (Phi) is 6.06. The Labute approximate surface area is 174 Å². The second kappa shape index (κ2) is 9.24. The van der Waals surface area contributed by atoms with Crippen LogP contribution in [-0.4, -0.2) is 22.5 Å². The normalized spacial score (nSPS) is 11.9. The molecule has 4 rings (SSSR count). The summed E-state index contributed by atoms with van der Waals surface area (Å²) in [5, 5.41) is 12.7. The largest absolute Gasteiger partial charge is 0.467 e. The molecule has 2 heterocycles. The zero-order valence-electron chi connectivity index (χ0n) is 16.3. The number of aliphatic hydroxyl groups is 1. The third-order valence-corrected chi connectivity index (χ3v) is 4.68. The molecule has 0 bridgehead atoms. The summed E-state index contributed by atoms with van der Waals surface area (Å²) >= 11 is 0. The second-order valence-electron chi connectivity index (χ2n) is 6.85. The second-order valence-corrected chi connectivity index (χ2v) is 6.85. The molecule has 1 amide bonds. The van der Waals surface area contributed by atoms with E-state index in [0.29, 0.717) is 23.8 Å². The van der Waals surface area contributed by atoms with Gasteiger partial charge in [0.05, 0.1) is 12.8 Å². The predicted molar refractivity (Wildman–Crippen MR) is 112 cm³/mol. The molecule has 2 aromatic carbocycles. The van der Waals surface area contributed by atoms with Crippen LogP contribution in [0.1, 0.15) is 24.2 Å². The third-order valence-electron chi connectivity index (χ3n) is 4.68. The Morgan fingerprint density at radius 2 is 1.67 bits per heavy atom. The van der Waals surface area contributed by atoms with E-state index in [4.69, 9.17) is 8.83 Å². The number of rotatable bonds is 8. The molecular weight excluding hydrogens is 380 g/mol. The molecule has 4 aromatic rings. The fourth-order valence-corrected chi connectivity index (χ4v) is 3.15. The summed E-state index contributed by atoms with van der Waals surface area (Å²) in [6, 6.07) is 23.0. The van der Waals surface area contributed by atoms with Crippen LogP contribution in [-0.2, 0) is 11.2 Å². The Balaban J connectivity index is 1.44. The van der Waals surface area contributed by atoms with Crippen LogP contribution in [0.25, 0.3) is 22.6 Å². The van der Waals surface area contributed by atoms with Crippen molar-refractivity contribution in [1.29, 1.82) is 0 Å². The molecule has 30 heavy (non-hydrogen) atoms. The lowest BCUT2D eigenvalue weighted by molar-refractivity contribution is -0.121. The molecule has 0 aliphatic rings. The highest BCUT2D eigenvalue weighted by Gasteiger charge is 2.18. The van der Waals surface area contributed by atoms with Crippen molar-refractivity contribution >= 4 is 5.91 Å². The molecule has 0 saturated carbocycles. The zero-order chi connectivity index (χ0) is 20.8. The predicted octanol–water partition coefficient (Wildman–Crippen LogP) is 4.38. The van der Waals surface area contributed by atoms with E-state index in [2.05, 4.69) is 10.3 Å². The number of carbonyl (C=O) groups is 1. The summed E-state index contributed by atoms with van der Waals surface area (Å²) in [7, 11) is 0. The van der Waals surface area contributed by atoms with Gasteiger partial charge >= 0.3 is 0 Å². The number of carbonyl (C=O) groups excluding carboxylic acids is 1. The number of nitrogens with zero attached hydrogens (tertiary/aromatic N) is 1. The van der Waals surface area contributed by atoms with Crippen LogP contribution in [0.3, 0.4) is 0 Å². The summed E-state index contributed by atoms with van der Waals surface area (Å²) < 4.78 is 11.2. The van der Waals surface area contributed by atoms with Gasteiger partial charge in [0.2, 0.25) is 5.91 Å². The molecular formula is C24H22N2O4. The SMILES string of the molecule is O=C(CCc1nc(-c2ccccc2)c(-c2ccccc2)o1)NCC(O)c1ccco1. The fraction of sp³-hybridized carbons (Fsp3) is 0.167. The maximum absolute atomic E-state index is 12.2. The number of nitrogens with one attached hydrogen (secondary N) is 1. The van der Waals surface area contributed by atoms with Crippen molar-refractivity contribution in [3.63, 3.8) is 0 Å². The van der Waals surface area contributed by atoms with Crippen molar-refractivity contribution in [2.24, 2.45) is 0 Å². The molecule has 1 unspecified atom stereocenters. The number of benzene rings is 2. The van der Waals surface area contributed by atoms with Gasteiger partial charge in [0, 0.05) is 24.0 Å². The van der Waals surface area contributed by atoms with Gasteiger partial charge in [-0.25, -0.2) is 4.98 Å². The molecule has 6 heteroatoms. The van der Waals surface area contributed by atoms with Crippen LogP contribution in [0, 0.1) is 0 Å². The lowest BCUT2D eigenvalue weighted by Crippen LogP contribution is -2.28.